The van der Waals surface area contributed by atoms with Gasteiger partial charge in [-0.1, -0.05) is 13.8 Å². The van der Waals surface area contributed by atoms with Crippen LogP contribution in [0.1, 0.15) is 58.2 Å². The highest BCUT2D eigenvalue weighted by Crippen LogP contribution is 2.66. The van der Waals surface area contributed by atoms with Crippen molar-refractivity contribution in [1.29, 1.82) is 0 Å². The number of aryl methyl sites for hydroxylation is 1. The van der Waals surface area contributed by atoms with Crippen LogP contribution in [0, 0.1) is 34.5 Å². The lowest BCUT2D eigenvalue weighted by Crippen LogP contribution is -2.60. The Labute approximate surface area is 173 Å². The van der Waals surface area contributed by atoms with Crippen LogP contribution in [-0.2, 0) is 18.3 Å². The molecule has 5 heteroatoms. The van der Waals surface area contributed by atoms with Gasteiger partial charge in [-0.15, -0.1) is 0 Å². The van der Waals surface area contributed by atoms with Gasteiger partial charge in [0.05, 0.1) is 0 Å². The molecule has 4 nitrogen and oxygen atoms in total. The highest BCUT2D eigenvalue weighted by molar-refractivity contribution is 5.92. The van der Waals surface area contributed by atoms with E-state index < -0.39 is 11.7 Å². The summed E-state index contributed by atoms with van der Waals surface area (Å²) < 4.78 is 16.7. The van der Waals surface area contributed by atoms with E-state index in [1.54, 1.807) is 18.0 Å². The van der Waals surface area contributed by atoms with Crippen molar-refractivity contribution >= 4 is 5.91 Å². The SMILES string of the molecule is CN1C(=O)C(F)=C[C@@]2(C)C1CC[C@@H]1[C@H]2CC[C@]2(C)C(Cc3nccn3C)CC[C@@H]12. The molecule has 0 saturated heterocycles. The lowest BCUT2D eigenvalue weighted by Gasteiger charge is -2.60. The number of halogens is 1. The van der Waals surface area contributed by atoms with E-state index >= 15 is 0 Å². The molecule has 3 saturated carbocycles. The van der Waals surface area contributed by atoms with Gasteiger partial charge in [-0.2, -0.15) is 0 Å². The maximum absolute atomic E-state index is 14.5. The maximum atomic E-state index is 14.5. The fourth-order valence-electron chi connectivity index (χ4n) is 8.09. The van der Waals surface area contributed by atoms with Gasteiger partial charge in [-0.25, -0.2) is 9.37 Å². The number of nitrogens with zero attached hydrogens (tertiary/aromatic N) is 3. The standard InChI is InChI=1S/C24H34FN3O/c1-23-10-9-18-16(6-8-20-24(18,2)14-19(25)22(29)28(20)4)17(23)7-5-15(23)13-21-26-11-12-27(21)3/h11-12,14-18,20H,5-10,13H2,1-4H3/t15?,16-,17-,18+,20?,23+,24+/m0/s1. The van der Waals surface area contributed by atoms with E-state index in [1.165, 1.54) is 31.5 Å². The summed E-state index contributed by atoms with van der Waals surface area (Å²) in [6.45, 7) is 4.75. The molecule has 158 valence electrons. The minimum atomic E-state index is -0.542. The zero-order chi connectivity index (χ0) is 20.6. The first-order chi connectivity index (χ1) is 13.8. The largest absolute Gasteiger partial charge is 0.338 e. The Bertz CT molecular complexity index is 862. The van der Waals surface area contributed by atoms with Gasteiger partial charge in [0.15, 0.2) is 5.83 Å². The van der Waals surface area contributed by atoms with Crippen LogP contribution >= 0.6 is 0 Å². The van der Waals surface area contributed by atoms with Crippen molar-refractivity contribution in [3.8, 4) is 0 Å². The molecule has 1 aliphatic heterocycles. The molecule has 0 N–H and O–H groups in total. The van der Waals surface area contributed by atoms with Crippen LogP contribution in [0.4, 0.5) is 4.39 Å². The van der Waals surface area contributed by atoms with E-state index in [0.29, 0.717) is 29.1 Å². The Balaban J connectivity index is 1.43. The highest BCUT2D eigenvalue weighted by Gasteiger charge is 2.61. The number of aromatic nitrogens is 2. The van der Waals surface area contributed by atoms with Gasteiger partial charge in [-0.05, 0) is 73.7 Å². The van der Waals surface area contributed by atoms with E-state index in [0.717, 1.165) is 19.3 Å². The van der Waals surface area contributed by atoms with E-state index in [2.05, 4.69) is 30.4 Å². The van der Waals surface area contributed by atoms with Crippen LogP contribution in [0.25, 0.3) is 0 Å². The van der Waals surface area contributed by atoms with Crippen molar-refractivity contribution in [3.05, 3.63) is 30.1 Å². The average molecular weight is 400 g/mol. The quantitative estimate of drug-likeness (QED) is 0.734. The third kappa shape index (κ3) is 2.61. The fraction of sp³-hybridized carbons (Fsp3) is 0.750. The summed E-state index contributed by atoms with van der Waals surface area (Å²) in [4.78, 5) is 18.5. The van der Waals surface area contributed by atoms with Crippen LogP contribution in [0.2, 0.25) is 0 Å². The molecule has 0 aromatic carbocycles. The highest BCUT2D eigenvalue weighted by atomic mass is 19.1. The Morgan fingerprint density at radius 1 is 1.14 bits per heavy atom. The first kappa shape index (κ1) is 19.3. The molecule has 0 spiro atoms. The molecule has 3 aliphatic carbocycles. The number of imidazole rings is 1. The van der Waals surface area contributed by atoms with Crippen LogP contribution in [-0.4, -0.2) is 33.4 Å². The Hall–Kier alpha value is -1.65. The second kappa shape index (κ2) is 6.42. The lowest BCUT2D eigenvalue weighted by molar-refractivity contribution is -0.142. The molecule has 4 aliphatic rings. The number of carbonyl (C=O) groups excluding carboxylic acids is 1. The number of carbonyl (C=O) groups is 1. The van der Waals surface area contributed by atoms with E-state index in [9.17, 15) is 9.18 Å². The van der Waals surface area contributed by atoms with Crippen LogP contribution in [0.15, 0.2) is 24.3 Å². The van der Waals surface area contributed by atoms with Crippen molar-refractivity contribution in [2.24, 2.45) is 41.5 Å². The molecule has 1 amide bonds. The zero-order valence-electron chi connectivity index (χ0n) is 18.2. The summed E-state index contributed by atoms with van der Waals surface area (Å²) in [6, 6.07) is 0.143. The number of hydrogen-bond donors (Lipinski definition) is 0. The molecule has 2 unspecified atom stereocenters. The van der Waals surface area contributed by atoms with Crippen molar-refractivity contribution in [2.45, 2.75) is 64.8 Å². The number of rotatable bonds is 2. The molecule has 7 atom stereocenters. The normalized spacial score (nSPS) is 44.2. The van der Waals surface area contributed by atoms with E-state index in [-0.39, 0.29) is 11.5 Å². The Morgan fingerprint density at radius 2 is 1.93 bits per heavy atom. The molecule has 0 bridgehead atoms. The molecular weight excluding hydrogens is 365 g/mol. The molecule has 29 heavy (non-hydrogen) atoms. The monoisotopic (exact) mass is 399 g/mol. The fourth-order valence-corrected chi connectivity index (χ4v) is 8.09. The smallest absolute Gasteiger partial charge is 0.282 e. The Morgan fingerprint density at radius 3 is 2.66 bits per heavy atom. The minimum Gasteiger partial charge on any atom is -0.338 e. The molecule has 1 aromatic rings. The minimum absolute atomic E-state index is 0.143. The van der Waals surface area contributed by atoms with Gasteiger partial charge in [0, 0.05) is 44.4 Å². The van der Waals surface area contributed by atoms with Gasteiger partial charge in [0.25, 0.3) is 5.91 Å². The lowest BCUT2D eigenvalue weighted by atomic mass is 9.47. The summed E-state index contributed by atoms with van der Waals surface area (Å²) in [5, 5.41) is 0. The summed E-state index contributed by atoms with van der Waals surface area (Å²) in [7, 11) is 3.89. The number of amides is 1. The summed E-state index contributed by atoms with van der Waals surface area (Å²) >= 11 is 0. The van der Waals surface area contributed by atoms with Gasteiger partial charge in [0.2, 0.25) is 0 Å². The molecular formula is C24H34FN3O. The number of likely N-dealkylation sites (N-methyl/N-ethyl adjacent to an activating group) is 1. The van der Waals surface area contributed by atoms with E-state index in [4.69, 9.17) is 0 Å². The van der Waals surface area contributed by atoms with Gasteiger partial charge < -0.3 is 9.47 Å². The molecule has 3 fully saturated rings. The predicted octanol–water partition coefficient (Wildman–Crippen LogP) is 4.52. The van der Waals surface area contributed by atoms with Crippen LogP contribution < -0.4 is 0 Å². The molecule has 2 heterocycles. The second-order valence-corrected chi connectivity index (χ2v) is 10.7. The van der Waals surface area contributed by atoms with Crippen molar-refractivity contribution in [3.63, 3.8) is 0 Å². The topological polar surface area (TPSA) is 38.1 Å². The Kier molecular flexibility index (Phi) is 4.28. The predicted molar refractivity (Wildman–Crippen MR) is 111 cm³/mol. The molecule has 0 radical (unpaired) electrons. The zero-order valence-corrected chi connectivity index (χ0v) is 18.2. The van der Waals surface area contributed by atoms with Crippen LogP contribution in [0.3, 0.4) is 0 Å². The van der Waals surface area contributed by atoms with Gasteiger partial charge in [-0.3, -0.25) is 4.79 Å². The molecule has 1 aromatic heterocycles. The van der Waals surface area contributed by atoms with Gasteiger partial charge >= 0.3 is 0 Å². The van der Waals surface area contributed by atoms with Gasteiger partial charge in [0.1, 0.15) is 5.82 Å². The van der Waals surface area contributed by atoms with E-state index in [1.807, 2.05) is 12.4 Å². The van der Waals surface area contributed by atoms with Crippen molar-refractivity contribution < 1.29 is 9.18 Å². The summed E-state index contributed by atoms with van der Waals surface area (Å²) in [6.07, 6.45) is 13.8. The molecule has 5 rings (SSSR count). The first-order valence-electron chi connectivity index (χ1n) is 11.4. The third-order valence-electron chi connectivity index (χ3n) is 9.70. The second-order valence-electron chi connectivity index (χ2n) is 10.7. The van der Waals surface area contributed by atoms with Crippen molar-refractivity contribution in [1.82, 2.24) is 14.5 Å². The summed E-state index contributed by atoms with van der Waals surface area (Å²) in [5.74, 6) is 2.75. The summed E-state index contributed by atoms with van der Waals surface area (Å²) in [5.41, 5.74) is 0.129. The van der Waals surface area contributed by atoms with Crippen LogP contribution in [0.5, 0.6) is 0 Å². The van der Waals surface area contributed by atoms with Crippen molar-refractivity contribution in [2.75, 3.05) is 7.05 Å². The number of hydrogen-bond acceptors (Lipinski definition) is 2. The number of fused-ring (bicyclic) bond motifs is 5. The third-order valence-corrected chi connectivity index (χ3v) is 9.70. The maximum Gasteiger partial charge on any atom is 0.282 e. The first-order valence-corrected chi connectivity index (χ1v) is 11.4. The average Bonchev–Trinajstić information content (AvgIpc) is 3.23.